The number of carbonyl (C=O) groups is 2. The average molecular weight is 366 g/mol. The van der Waals surface area contributed by atoms with Crippen molar-refractivity contribution in [3.8, 4) is 5.75 Å². The van der Waals surface area contributed by atoms with Crippen molar-refractivity contribution < 1.29 is 14.3 Å². The van der Waals surface area contributed by atoms with Gasteiger partial charge in [-0.25, -0.2) is 9.59 Å². The van der Waals surface area contributed by atoms with E-state index >= 15 is 0 Å². The number of fused-ring (bicyclic) bond motifs is 1. The number of ether oxygens (including phenoxy) is 1. The Hall–Kier alpha value is -3.22. The number of rotatable bonds is 5. The second-order valence-corrected chi connectivity index (χ2v) is 6.18. The summed E-state index contributed by atoms with van der Waals surface area (Å²) in [5, 5.41) is 2.72. The first kappa shape index (κ1) is 18.6. The normalized spacial score (nSPS) is 19.7. The number of anilines is 1. The van der Waals surface area contributed by atoms with Crippen LogP contribution in [0.5, 0.6) is 5.75 Å². The third kappa shape index (κ3) is 4.31. The number of aliphatic imine (C=N–C) groups is 2. The molecule has 0 saturated heterocycles. The molecule has 7 heteroatoms. The van der Waals surface area contributed by atoms with Crippen molar-refractivity contribution in [3.63, 3.8) is 0 Å². The van der Waals surface area contributed by atoms with Crippen LogP contribution in [0.4, 0.5) is 15.3 Å². The number of urea groups is 2. The van der Waals surface area contributed by atoms with Gasteiger partial charge in [0.15, 0.2) is 0 Å². The molecule has 0 radical (unpaired) electrons. The lowest BCUT2D eigenvalue weighted by atomic mass is 9.94. The largest absolute Gasteiger partial charge is 0.497 e. The van der Waals surface area contributed by atoms with E-state index in [-0.39, 0.29) is 11.9 Å². The maximum absolute atomic E-state index is 12.5. The zero-order valence-corrected chi connectivity index (χ0v) is 15.4. The van der Waals surface area contributed by atoms with E-state index in [4.69, 9.17) is 4.74 Å². The summed E-state index contributed by atoms with van der Waals surface area (Å²) in [5.74, 6) is 0.729. The number of methoxy groups -OCH3 is 1. The van der Waals surface area contributed by atoms with Gasteiger partial charge in [-0.05, 0) is 24.6 Å². The van der Waals surface area contributed by atoms with Crippen molar-refractivity contribution in [2.45, 2.75) is 19.8 Å². The minimum atomic E-state index is -0.545. The van der Waals surface area contributed by atoms with Gasteiger partial charge in [0.05, 0.1) is 18.7 Å². The molecule has 0 bridgehead atoms. The minimum Gasteiger partial charge on any atom is -0.497 e. The molecule has 1 aliphatic carbocycles. The highest BCUT2D eigenvalue weighted by Gasteiger charge is 2.34. The summed E-state index contributed by atoms with van der Waals surface area (Å²) in [4.78, 5) is 34.8. The molecule has 0 fully saturated rings. The Kier molecular flexibility index (Phi) is 5.80. The molecule has 1 aromatic carbocycles. The lowest BCUT2D eigenvalue weighted by molar-refractivity contribution is 0.227. The smallest absolute Gasteiger partial charge is 0.349 e. The third-order valence-electron chi connectivity index (χ3n) is 4.28. The molecule has 1 N–H and O–H groups in total. The molecule has 1 unspecified atom stereocenters. The quantitative estimate of drug-likeness (QED) is 0.853. The standard InChI is InChI=1S/C20H22N4O3/c1-3-4-12-24-18(16-10-5-6-11-17(16)22-20(24)26)23-19(25)21-14-8-7-9-15(13-14)27-2/h5-11,13,16H,3-4,12H2,1-2H3,(H,21,25)/b23-18-. The van der Waals surface area contributed by atoms with E-state index in [2.05, 4.69) is 15.3 Å². The molecule has 2 aliphatic rings. The molecule has 27 heavy (non-hydrogen) atoms. The van der Waals surface area contributed by atoms with E-state index in [1.165, 1.54) is 4.90 Å². The van der Waals surface area contributed by atoms with Gasteiger partial charge in [0.1, 0.15) is 11.6 Å². The Balaban J connectivity index is 1.87. The fourth-order valence-electron chi connectivity index (χ4n) is 2.91. The van der Waals surface area contributed by atoms with Crippen LogP contribution in [0.15, 0.2) is 58.6 Å². The summed E-state index contributed by atoms with van der Waals surface area (Å²) in [5.41, 5.74) is 1.17. The monoisotopic (exact) mass is 366 g/mol. The van der Waals surface area contributed by atoms with Crippen LogP contribution in [0, 0.1) is 5.92 Å². The van der Waals surface area contributed by atoms with Gasteiger partial charge in [0.2, 0.25) is 0 Å². The van der Waals surface area contributed by atoms with Crippen LogP contribution in [0.25, 0.3) is 0 Å². The topological polar surface area (TPSA) is 83.4 Å². The zero-order valence-electron chi connectivity index (χ0n) is 15.4. The van der Waals surface area contributed by atoms with E-state index in [9.17, 15) is 9.59 Å². The summed E-state index contributed by atoms with van der Waals surface area (Å²) >= 11 is 0. The van der Waals surface area contributed by atoms with E-state index < -0.39 is 6.03 Å². The lowest BCUT2D eigenvalue weighted by Gasteiger charge is -2.31. The first-order valence-electron chi connectivity index (χ1n) is 8.91. The highest BCUT2D eigenvalue weighted by atomic mass is 16.5. The summed E-state index contributed by atoms with van der Waals surface area (Å²) in [6, 6.07) is 6.08. The summed E-state index contributed by atoms with van der Waals surface area (Å²) in [6.07, 6.45) is 9.08. The van der Waals surface area contributed by atoms with Crippen molar-refractivity contribution in [2.75, 3.05) is 19.0 Å². The molecule has 1 heterocycles. The Morgan fingerprint density at radius 3 is 3.00 bits per heavy atom. The third-order valence-corrected chi connectivity index (χ3v) is 4.28. The Morgan fingerprint density at radius 1 is 1.37 bits per heavy atom. The molecule has 0 aromatic heterocycles. The second-order valence-electron chi connectivity index (χ2n) is 6.18. The van der Waals surface area contributed by atoms with E-state index in [0.717, 1.165) is 12.8 Å². The van der Waals surface area contributed by atoms with Crippen LogP contribution in [-0.4, -0.2) is 42.2 Å². The highest BCUT2D eigenvalue weighted by molar-refractivity contribution is 6.24. The predicted molar refractivity (Wildman–Crippen MR) is 106 cm³/mol. The predicted octanol–water partition coefficient (Wildman–Crippen LogP) is 4.04. The van der Waals surface area contributed by atoms with Crippen LogP contribution in [0.2, 0.25) is 0 Å². The van der Waals surface area contributed by atoms with Gasteiger partial charge in [-0.1, -0.05) is 37.6 Å². The lowest BCUT2D eigenvalue weighted by Crippen LogP contribution is -2.47. The van der Waals surface area contributed by atoms with Gasteiger partial charge < -0.3 is 10.1 Å². The number of allylic oxidation sites excluding steroid dienone is 3. The van der Waals surface area contributed by atoms with Crippen LogP contribution >= 0.6 is 0 Å². The van der Waals surface area contributed by atoms with Gasteiger partial charge in [0.25, 0.3) is 0 Å². The maximum atomic E-state index is 12.5. The molecule has 0 saturated carbocycles. The molecular weight excluding hydrogens is 344 g/mol. The van der Waals surface area contributed by atoms with Crippen LogP contribution in [0.3, 0.4) is 0 Å². The number of unbranched alkanes of at least 4 members (excludes halogenated alkanes) is 1. The number of carbonyl (C=O) groups excluding carboxylic acids is 2. The van der Waals surface area contributed by atoms with Crippen LogP contribution in [0.1, 0.15) is 19.8 Å². The number of amidine groups is 1. The van der Waals surface area contributed by atoms with Crippen molar-refractivity contribution in [1.82, 2.24) is 4.90 Å². The number of hydrogen-bond donors (Lipinski definition) is 1. The second kappa shape index (κ2) is 8.44. The van der Waals surface area contributed by atoms with E-state index in [1.807, 2.05) is 25.2 Å². The van der Waals surface area contributed by atoms with Gasteiger partial charge in [0, 0.05) is 18.3 Å². The van der Waals surface area contributed by atoms with Crippen molar-refractivity contribution in [1.29, 1.82) is 0 Å². The molecular formula is C20H22N4O3. The molecule has 3 rings (SSSR count). The average Bonchev–Trinajstić information content (AvgIpc) is 2.67. The molecule has 4 amide bonds. The molecule has 0 spiro atoms. The fraction of sp³-hybridized carbons (Fsp3) is 0.300. The summed E-state index contributed by atoms with van der Waals surface area (Å²) in [6.45, 7) is 2.52. The van der Waals surface area contributed by atoms with E-state index in [0.29, 0.717) is 29.5 Å². The molecule has 1 aromatic rings. The van der Waals surface area contributed by atoms with Crippen molar-refractivity contribution >= 4 is 29.3 Å². The SMILES string of the molecule is CCCCN1C(=O)N=C2C=CC=CC2/C1=N/C(=O)Nc1cccc(OC)c1. The Labute approximate surface area is 158 Å². The first-order valence-corrected chi connectivity index (χ1v) is 8.91. The van der Waals surface area contributed by atoms with Gasteiger partial charge in [-0.15, -0.1) is 0 Å². The van der Waals surface area contributed by atoms with Crippen molar-refractivity contribution in [3.05, 3.63) is 48.6 Å². The van der Waals surface area contributed by atoms with Crippen LogP contribution < -0.4 is 10.1 Å². The first-order chi connectivity index (χ1) is 13.1. The highest BCUT2D eigenvalue weighted by Crippen LogP contribution is 2.22. The number of nitrogens with zero attached hydrogens (tertiary/aromatic N) is 3. The summed E-state index contributed by atoms with van der Waals surface area (Å²) in [7, 11) is 1.56. The molecule has 1 aliphatic heterocycles. The van der Waals surface area contributed by atoms with Crippen LogP contribution in [-0.2, 0) is 0 Å². The number of hydrogen-bond acceptors (Lipinski definition) is 3. The maximum Gasteiger partial charge on any atom is 0.349 e. The Bertz CT molecular complexity index is 855. The number of amides is 4. The van der Waals surface area contributed by atoms with Gasteiger partial charge in [-0.2, -0.15) is 9.98 Å². The van der Waals surface area contributed by atoms with Gasteiger partial charge in [-0.3, -0.25) is 4.90 Å². The van der Waals surface area contributed by atoms with Gasteiger partial charge >= 0.3 is 12.1 Å². The number of benzene rings is 1. The zero-order chi connectivity index (χ0) is 19.2. The molecule has 7 nitrogen and oxygen atoms in total. The minimum absolute atomic E-state index is 0.305. The number of nitrogens with one attached hydrogen (secondary N) is 1. The molecule has 1 atom stereocenters. The molecule has 140 valence electrons. The van der Waals surface area contributed by atoms with E-state index in [1.54, 1.807) is 37.5 Å². The fourth-order valence-corrected chi connectivity index (χ4v) is 2.91. The summed E-state index contributed by atoms with van der Waals surface area (Å²) < 4.78 is 5.16. The van der Waals surface area contributed by atoms with Crippen molar-refractivity contribution in [2.24, 2.45) is 15.9 Å². The Morgan fingerprint density at radius 2 is 2.22 bits per heavy atom.